The van der Waals surface area contributed by atoms with E-state index < -0.39 is 0 Å². The second-order valence-electron chi connectivity index (χ2n) is 5.36. The second kappa shape index (κ2) is 5.01. The predicted octanol–water partition coefficient (Wildman–Crippen LogP) is 2.66. The molecule has 0 unspecified atom stereocenters. The van der Waals surface area contributed by atoms with Crippen molar-refractivity contribution in [1.29, 1.82) is 0 Å². The summed E-state index contributed by atoms with van der Waals surface area (Å²) in [6, 6.07) is 8.47. The normalized spacial score (nSPS) is 19.3. The molecule has 1 saturated carbocycles. The minimum Gasteiger partial charge on any atom is -0.396 e. The van der Waals surface area contributed by atoms with E-state index in [1.165, 1.54) is 11.1 Å². The summed E-state index contributed by atoms with van der Waals surface area (Å²) in [6.07, 6.45) is 3.81. The Morgan fingerprint density at radius 1 is 1.18 bits per heavy atom. The van der Waals surface area contributed by atoms with Crippen LogP contribution in [0, 0.1) is 12.3 Å². The van der Waals surface area contributed by atoms with Crippen molar-refractivity contribution >= 4 is 5.78 Å². The van der Waals surface area contributed by atoms with Gasteiger partial charge < -0.3 is 5.11 Å². The Hall–Kier alpha value is -1.15. The van der Waals surface area contributed by atoms with Gasteiger partial charge in [-0.2, -0.15) is 0 Å². The minimum atomic E-state index is -0.0663. The predicted molar refractivity (Wildman–Crippen MR) is 67.9 cm³/mol. The van der Waals surface area contributed by atoms with Crippen LogP contribution in [0.25, 0.3) is 0 Å². The zero-order valence-corrected chi connectivity index (χ0v) is 10.4. The maximum absolute atomic E-state index is 11.3. The maximum Gasteiger partial charge on any atom is 0.132 e. The molecular weight excluding hydrogens is 212 g/mol. The second-order valence-corrected chi connectivity index (χ2v) is 5.36. The summed E-state index contributed by atoms with van der Waals surface area (Å²) in [6.45, 7) is 2.26. The van der Waals surface area contributed by atoms with Gasteiger partial charge in [-0.25, -0.2) is 0 Å². The number of rotatable bonds is 3. The molecule has 1 fully saturated rings. The van der Waals surface area contributed by atoms with Gasteiger partial charge in [0.25, 0.3) is 0 Å². The molecule has 2 nitrogen and oxygen atoms in total. The van der Waals surface area contributed by atoms with Crippen LogP contribution in [-0.4, -0.2) is 17.5 Å². The minimum absolute atomic E-state index is 0.0663. The third kappa shape index (κ3) is 2.95. The largest absolute Gasteiger partial charge is 0.396 e. The molecule has 0 atom stereocenters. The van der Waals surface area contributed by atoms with Gasteiger partial charge in [0.1, 0.15) is 5.78 Å². The maximum atomic E-state index is 11.3. The van der Waals surface area contributed by atoms with Crippen molar-refractivity contribution in [2.24, 2.45) is 5.41 Å². The standard InChI is InChI=1S/C15H20O2/c1-12-2-4-13(5-3-12)10-15(11-16)8-6-14(17)7-9-15/h2-5,16H,6-11H2,1H3. The Bertz CT molecular complexity index is 382. The number of aliphatic hydroxyl groups is 1. The van der Waals surface area contributed by atoms with Gasteiger partial charge >= 0.3 is 0 Å². The first-order valence-corrected chi connectivity index (χ1v) is 6.32. The molecule has 0 radical (unpaired) electrons. The van der Waals surface area contributed by atoms with Crippen molar-refractivity contribution in [3.05, 3.63) is 35.4 Å². The van der Waals surface area contributed by atoms with E-state index >= 15 is 0 Å². The van der Waals surface area contributed by atoms with Gasteiger partial charge in [-0.3, -0.25) is 4.79 Å². The van der Waals surface area contributed by atoms with Crippen LogP contribution < -0.4 is 0 Å². The van der Waals surface area contributed by atoms with Crippen LogP contribution in [0.2, 0.25) is 0 Å². The summed E-state index contributed by atoms with van der Waals surface area (Å²) in [5.74, 6) is 0.345. The number of aryl methyl sites for hydroxylation is 1. The van der Waals surface area contributed by atoms with Crippen LogP contribution in [0.4, 0.5) is 0 Å². The highest BCUT2D eigenvalue weighted by Gasteiger charge is 2.34. The van der Waals surface area contributed by atoms with E-state index in [0.29, 0.717) is 18.6 Å². The lowest BCUT2D eigenvalue weighted by molar-refractivity contribution is -0.123. The first kappa shape index (κ1) is 12.3. The van der Waals surface area contributed by atoms with E-state index in [-0.39, 0.29) is 12.0 Å². The van der Waals surface area contributed by atoms with Gasteiger partial charge in [-0.15, -0.1) is 0 Å². The zero-order valence-electron chi connectivity index (χ0n) is 10.4. The lowest BCUT2D eigenvalue weighted by Gasteiger charge is -2.35. The number of hydrogen-bond acceptors (Lipinski definition) is 2. The van der Waals surface area contributed by atoms with E-state index in [2.05, 4.69) is 31.2 Å². The lowest BCUT2D eigenvalue weighted by atomic mass is 9.70. The molecule has 1 aromatic rings. The number of ketones is 1. The first-order valence-electron chi connectivity index (χ1n) is 6.32. The van der Waals surface area contributed by atoms with Crippen molar-refractivity contribution in [3.63, 3.8) is 0 Å². The molecule has 17 heavy (non-hydrogen) atoms. The molecule has 0 bridgehead atoms. The lowest BCUT2D eigenvalue weighted by Crippen LogP contribution is -2.33. The highest BCUT2D eigenvalue weighted by molar-refractivity contribution is 5.79. The summed E-state index contributed by atoms with van der Waals surface area (Å²) in [5.41, 5.74) is 2.45. The molecule has 92 valence electrons. The topological polar surface area (TPSA) is 37.3 Å². The van der Waals surface area contributed by atoms with Crippen molar-refractivity contribution in [2.45, 2.75) is 39.0 Å². The molecule has 0 spiro atoms. The van der Waals surface area contributed by atoms with Crippen LogP contribution >= 0.6 is 0 Å². The fourth-order valence-corrected chi connectivity index (χ4v) is 2.59. The molecule has 1 aliphatic rings. The van der Waals surface area contributed by atoms with Crippen LogP contribution in [0.1, 0.15) is 36.8 Å². The van der Waals surface area contributed by atoms with Crippen LogP contribution in [-0.2, 0) is 11.2 Å². The number of benzene rings is 1. The Morgan fingerprint density at radius 3 is 2.29 bits per heavy atom. The molecule has 0 saturated heterocycles. The first-order chi connectivity index (χ1) is 8.13. The van der Waals surface area contributed by atoms with E-state index in [1.54, 1.807) is 0 Å². The molecule has 1 N–H and O–H groups in total. The van der Waals surface area contributed by atoms with Crippen LogP contribution in [0.3, 0.4) is 0 Å². The molecule has 0 aromatic heterocycles. The molecule has 1 aromatic carbocycles. The molecule has 2 heteroatoms. The summed E-state index contributed by atoms with van der Waals surface area (Å²) < 4.78 is 0. The molecule has 0 heterocycles. The van der Waals surface area contributed by atoms with Crippen LogP contribution in [0.15, 0.2) is 24.3 Å². The molecule has 1 aliphatic carbocycles. The zero-order chi connectivity index (χ0) is 12.3. The number of carbonyl (C=O) groups is 1. The SMILES string of the molecule is Cc1ccc(CC2(CO)CCC(=O)CC2)cc1. The smallest absolute Gasteiger partial charge is 0.132 e. The van der Waals surface area contributed by atoms with Crippen molar-refractivity contribution in [3.8, 4) is 0 Å². The average Bonchev–Trinajstić information content (AvgIpc) is 2.35. The van der Waals surface area contributed by atoms with E-state index in [1.807, 2.05) is 0 Å². The van der Waals surface area contributed by atoms with Gasteiger partial charge in [0.2, 0.25) is 0 Å². The fourth-order valence-electron chi connectivity index (χ4n) is 2.59. The van der Waals surface area contributed by atoms with Gasteiger partial charge in [-0.05, 0) is 37.2 Å². The van der Waals surface area contributed by atoms with E-state index in [4.69, 9.17) is 0 Å². The highest BCUT2D eigenvalue weighted by atomic mass is 16.3. The Morgan fingerprint density at radius 2 is 1.76 bits per heavy atom. The Balaban J connectivity index is 2.09. The summed E-state index contributed by atoms with van der Waals surface area (Å²) in [5, 5.41) is 9.63. The summed E-state index contributed by atoms with van der Waals surface area (Å²) >= 11 is 0. The number of aliphatic hydroxyl groups excluding tert-OH is 1. The number of hydrogen-bond donors (Lipinski definition) is 1. The molecule has 0 aliphatic heterocycles. The van der Waals surface area contributed by atoms with Crippen molar-refractivity contribution in [1.82, 2.24) is 0 Å². The van der Waals surface area contributed by atoms with Gasteiger partial charge in [-0.1, -0.05) is 29.8 Å². The molecule has 0 amide bonds. The fraction of sp³-hybridized carbons (Fsp3) is 0.533. The third-order valence-electron chi connectivity index (χ3n) is 3.90. The highest BCUT2D eigenvalue weighted by Crippen LogP contribution is 2.37. The average molecular weight is 232 g/mol. The van der Waals surface area contributed by atoms with Gasteiger partial charge in [0.15, 0.2) is 0 Å². The number of carbonyl (C=O) groups excluding carboxylic acids is 1. The van der Waals surface area contributed by atoms with Crippen molar-refractivity contribution < 1.29 is 9.90 Å². The summed E-state index contributed by atoms with van der Waals surface area (Å²) in [4.78, 5) is 11.3. The Labute approximate surface area is 103 Å². The van der Waals surface area contributed by atoms with E-state index in [9.17, 15) is 9.90 Å². The Kier molecular flexibility index (Phi) is 3.63. The third-order valence-corrected chi connectivity index (χ3v) is 3.90. The van der Waals surface area contributed by atoms with Gasteiger partial charge in [0.05, 0.1) is 0 Å². The monoisotopic (exact) mass is 232 g/mol. The molecule has 2 rings (SSSR count). The van der Waals surface area contributed by atoms with E-state index in [0.717, 1.165) is 19.3 Å². The quantitative estimate of drug-likeness (QED) is 0.870. The molecular formula is C15H20O2. The summed E-state index contributed by atoms with van der Waals surface area (Å²) in [7, 11) is 0. The van der Waals surface area contributed by atoms with Gasteiger partial charge in [0, 0.05) is 19.4 Å². The van der Waals surface area contributed by atoms with Crippen LogP contribution in [0.5, 0.6) is 0 Å². The van der Waals surface area contributed by atoms with Crippen molar-refractivity contribution in [2.75, 3.05) is 6.61 Å². The number of Topliss-reactive ketones (excluding diaryl/α,β-unsaturated/α-hetero) is 1.